The van der Waals surface area contributed by atoms with Gasteiger partial charge in [-0.2, -0.15) is 0 Å². The van der Waals surface area contributed by atoms with Gasteiger partial charge >= 0.3 is 0 Å². The van der Waals surface area contributed by atoms with Crippen LogP contribution in [0.5, 0.6) is 0 Å². The molecule has 2 saturated heterocycles. The third-order valence-corrected chi connectivity index (χ3v) is 3.39. The van der Waals surface area contributed by atoms with Gasteiger partial charge in [0, 0.05) is 32.7 Å². The van der Waals surface area contributed by atoms with Gasteiger partial charge in [-0.3, -0.25) is 9.69 Å². The molecular formula is C11H21N3O. The van der Waals surface area contributed by atoms with Gasteiger partial charge in [0.2, 0.25) is 5.91 Å². The van der Waals surface area contributed by atoms with E-state index in [1.165, 1.54) is 12.8 Å². The van der Waals surface area contributed by atoms with Gasteiger partial charge in [0.05, 0.1) is 6.54 Å². The highest BCUT2D eigenvalue weighted by Crippen LogP contribution is 2.09. The van der Waals surface area contributed by atoms with E-state index in [0.29, 0.717) is 12.6 Å². The predicted octanol–water partition coefficient (Wildman–Crippen LogP) is -0.0975. The molecule has 0 radical (unpaired) electrons. The van der Waals surface area contributed by atoms with Crippen molar-refractivity contribution in [3.63, 3.8) is 0 Å². The van der Waals surface area contributed by atoms with E-state index in [-0.39, 0.29) is 5.91 Å². The second kappa shape index (κ2) is 4.94. The number of carbonyl (C=O) groups excluding carboxylic acids is 1. The summed E-state index contributed by atoms with van der Waals surface area (Å²) in [6.07, 6.45) is 3.65. The fourth-order valence-corrected chi connectivity index (χ4v) is 2.43. The molecule has 86 valence electrons. The van der Waals surface area contributed by atoms with Gasteiger partial charge in [0.1, 0.15) is 0 Å². The van der Waals surface area contributed by atoms with Crippen LogP contribution < -0.4 is 5.32 Å². The smallest absolute Gasteiger partial charge is 0.236 e. The van der Waals surface area contributed by atoms with Gasteiger partial charge in [-0.25, -0.2) is 0 Å². The van der Waals surface area contributed by atoms with Crippen molar-refractivity contribution in [3.05, 3.63) is 0 Å². The van der Waals surface area contributed by atoms with E-state index in [0.717, 1.165) is 32.6 Å². The fourth-order valence-electron chi connectivity index (χ4n) is 2.43. The summed E-state index contributed by atoms with van der Waals surface area (Å²) in [5, 5.41) is 3.48. The molecule has 1 amide bonds. The van der Waals surface area contributed by atoms with Crippen LogP contribution in [0, 0.1) is 0 Å². The third kappa shape index (κ3) is 2.92. The Hall–Kier alpha value is -0.610. The normalized spacial score (nSPS) is 29.5. The molecule has 2 heterocycles. The highest BCUT2D eigenvalue weighted by Gasteiger charge is 2.22. The molecule has 0 bridgehead atoms. The van der Waals surface area contributed by atoms with Crippen LogP contribution in [0.15, 0.2) is 0 Å². The Morgan fingerprint density at radius 3 is 3.00 bits per heavy atom. The Kier molecular flexibility index (Phi) is 3.59. The number of likely N-dealkylation sites (N-methyl/N-ethyl adjacent to an activating group) is 1. The van der Waals surface area contributed by atoms with Crippen LogP contribution in [0.25, 0.3) is 0 Å². The largest absolute Gasteiger partial charge is 0.345 e. The maximum Gasteiger partial charge on any atom is 0.236 e. The standard InChI is InChI=1S/C11H21N3O/c1-13-6-3-7-14(9-11(13)15)8-10-4-2-5-12-10/h10,12H,2-9H2,1H3/t10-/m0/s1. The quantitative estimate of drug-likeness (QED) is 0.693. The van der Waals surface area contributed by atoms with Gasteiger partial charge < -0.3 is 10.2 Å². The Balaban J connectivity index is 1.83. The van der Waals surface area contributed by atoms with Crippen LogP contribution in [0.4, 0.5) is 0 Å². The molecule has 0 aromatic rings. The summed E-state index contributed by atoms with van der Waals surface area (Å²) in [6.45, 7) is 4.77. The van der Waals surface area contributed by atoms with Gasteiger partial charge in [0.15, 0.2) is 0 Å². The molecule has 2 aliphatic rings. The van der Waals surface area contributed by atoms with Crippen LogP contribution in [-0.4, -0.2) is 61.5 Å². The van der Waals surface area contributed by atoms with E-state index in [9.17, 15) is 4.79 Å². The van der Waals surface area contributed by atoms with Crippen LogP contribution in [-0.2, 0) is 4.79 Å². The lowest BCUT2D eigenvalue weighted by molar-refractivity contribution is -0.129. The number of hydrogen-bond acceptors (Lipinski definition) is 3. The lowest BCUT2D eigenvalue weighted by atomic mass is 10.2. The molecule has 15 heavy (non-hydrogen) atoms. The predicted molar refractivity (Wildman–Crippen MR) is 59.7 cm³/mol. The molecule has 0 aromatic heterocycles. The van der Waals surface area contributed by atoms with Crippen LogP contribution in [0.2, 0.25) is 0 Å². The minimum Gasteiger partial charge on any atom is -0.345 e. The summed E-state index contributed by atoms with van der Waals surface area (Å²) in [5.41, 5.74) is 0. The zero-order valence-electron chi connectivity index (χ0n) is 9.54. The maximum absolute atomic E-state index is 11.7. The van der Waals surface area contributed by atoms with Crippen molar-refractivity contribution >= 4 is 5.91 Å². The molecule has 0 saturated carbocycles. The van der Waals surface area contributed by atoms with Crippen molar-refractivity contribution in [2.45, 2.75) is 25.3 Å². The summed E-state index contributed by atoms with van der Waals surface area (Å²) in [7, 11) is 1.90. The van der Waals surface area contributed by atoms with E-state index in [4.69, 9.17) is 0 Å². The number of amides is 1. The molecule has 1 N–H and O–H groups in total. The Morgan fingerprint density at radius 2 is 2.27 bits per heavy atom. The van der Waals surface area contributed by atoms with Gasteiger partial charge in [-0.1, -0.05) is 0 Å². The topological polar surface area (TPSA) is 35.6 Å². The van der Waals surface area contributed by atoms with Crippen molar-refractivity contribution < 1.29 is 4.79 Å². The number of rotatable bonds is 2. The fraction of sp³-hybridized carbons (Fsp3) is 0.909. The molecule has 0 aromatic carbocycles. The maximum atomic E-state index is 11.7. The molecule has 1 atom stereocenters. The van der Waals surface area contributed by atoms with Crippen LogP contribution in [0.3, 0.4) is 0 Å². The first-order valence-electron chi connectivity index (χ1n) is 5.95. The number of hydrogen-bond donors (Lipinski definition) is 1. The summed E-state index contributed by atoms with van der Waals surface area (Å²) >= 11 is 0. The molecule has 2 aliphatic heterocycles. The molecule has 4 heteroatoms. The number of nitrogens with one attached hydrogen (secondary N) is 1. The first kappa shape index (κ1) is 10.9. The zero-order chi connectivity index (χ0) is 10.7. The SMILES string of the molecule is CN1CCCN(C[C@@H]2CCCN2)CC1=O. The minimum atomic E-state index is 0.269. The summed E-state index contributed by atoms with van der Waals surface area (Å²) in [4.78, 5) is 15.8. The van der Waals surface area contributed by atoms with Crippen molar-refractivity contribution in [2.75, 3.05) is 39.8 Å². The number of carbonyl (C=O) groups is 1. The molecule has 0 aliphatic carbocycles. The minimum absolute atomic E-state index is 0.269. The Labute approximate surface area is 91.6 Å². The van der Waals surface area contributed by atoms with Gasteiger partial charge in [0.25, 0.3) is 0 Å². The summed E-state index contributed by atoms with van der Waals surface area (Å²) < 4.78 is 0. The molecular weight excluding hydrogens is 190 g/mol. The van der Waals surface area contributed by atoms with Crippen molar-refractivity contribution in [1.82, 2.24) is 15.1 Å². The Morgan fingerprint density at radius 1 is 1.40 bits per heavy atom. The van der Waals surface area contributed by atoms with Gasteiger partial charge in [-0.15, -0.1) is 0 Å². The zero-order valence-corrected chi connectivity index (χ0v) is 9.54. The summed E-state index contributed by atoms with van der Waals surface area (Å²) in [5.74, 6) is 0.269. The summed E-state index contributed by atoms with van der Waals surface area (Å²) in [6, 6.07) is 0.612. The van der Waals surface area contributed by atoms with E-state index >= 15 is 0 Å². The van der Waals surface area contributed by atoms with E-state index in [1.54, 1.807) is 0 Å². The second-order valence-corrected chi connectivity index (χ2v) is 4.70. The lowest BCUT2D eigenvalue weighted by Crippen LogP contribution is -2.41. The highest BCUT2D eigenvalue weighted by atomic mass is 16.2. The second-order valence-electron chi connectivity index (χ2n) is 4.70. The Bertz CT molecular complexity index is 226. The molecule has 0 spiro atoms. The van der Waals surface area contributed by atoms with Crippen molar-refractivity contribution in [3.8, 4) is 0 Å². The van der Waals surface area contributed by atoms with Crippen LogP contribution in [0.1, 0.15) is 19.3 Å². The molecule has 2 fully saturated rings. The molecule has 4 nitrogen and oxygen atoms in total. The first-order valence-corrected chi connectivity index (χ1v) is 5.95. The third-order valence-electron chi connectivity index (χ3n) is 3.39. The van der Waals surface area contributed by atoms with Crippen LogP contribution >= 0.6 is 0 Å². The van der Waals surface area contributed by atoms with Crippen molar-refractivity contribution in [2.24, 2.45) is 0 Å². The lowest BCUT2D eigenvalue weighted by Gasteiger charge is -2.22. The van der Waals surface area contributed by atoms with E-state index in [2.05, 4.69) is 10.2 Å². The highest BCUT2D eigenvalue weighted by molar-refractivity contribution is 5.78. The first-order chi connectivity index (χ1) is 7.25. The van der Waals surface area contributed by atoms with Gasteiger partial charge in [-0.05, 0) is 25.8 Å². The average Bonchev–Trinajstić information content (AvgIpc) is 2.64. The van der Waals surface area contributed by atoms with Crippen molar-refractivity contribution in [1.29, 1.82) is 0 Å². The number of nitrogens with zero attached hydrogens (tertiary/aromatic N) is 2. The monoisotopic (exact) mass is 211 g/mol. The molecule has 2 rings (SSSR count). The molecule has 0 unspecified atom stereocenters. The van der Waals surface area contributed by atoms with E-state index < -0.39 is 0 Å². The average molecular weight is 211 g/mol. The van der Waals surface area contributed by atoms with E-state index in [1.807, 2.05) is 11.9 Å².